The average molecular weight is 569 g/mol. The Hall–Kier alpha value is -4.59. The van der Waals surface area contributed by atoms with Crippen LogP contribution in [0.2, 0.25) is 0 Å². The molecule has 2 heterocycles. The lowest BCUT2D eigenvalue weighted by molar-refractivity contribution is -0.361. The number of ketones is 1. The van der Waals surface area contributed by atoms with Gasteiger partial charge >= 0.3 is 5.91 Å². The molecule has 1 aromatic heterocycles. The first-order chi connectivity index (χ1) is 20.1. The van der Waals surface area contributed by atoms with E-state index in [2.05, 4.69) is 35.5 Å². The first-order valence-electron chi connectivity index (χ1n) is 14.0. The number of nitrogens with one attached hydrogen (secondary N) is 3. The van der Waals surface area contributed by atoms with Gasteiger partial charge in [0.05, 0.1) is 31.9 Å². The van der Waals surface area contributed by atoms with Crippen LogP contribution in [-0.4, -0.2) is 25.9 Å². The van der Waals surface area contributed by atoms with Crippen molar-refractivity contribution in [3.05, 3.63) is 101 Å². The Bertz CT molecular complexity index is 1550. The van der Waals surface area contributed by atoms with Crippen LogP contribution >= 0.6 is 0 Å². The molecule has 2 aliphatic rings. The third-order valence-electron chi connectivity index (χ3n) is 7.82. The van der Waals surface area contributed by atoms with Crippen LogP contribution < -0.4 is 29.8 Å². The van der Waals surface area contributed by atoms with Gasteiger partial charge in [-0.15, -0.1) is 0 Å². The number of aromatic amines is 1. The summed E-state index contributed by atoms with van der Waals surface area (Å²) in [5.74, 6) is 1.47. The fourth-order valence-electron chi connectivity index (χ4n) is 5.84. The van der Waals surface area contributed by atoms with Crippen LogP contribution in [-0.2, 0) is 16.2 Å². The van der Waals surface area contributed by atoms with Gasteiger partial charge in [0.2, 0.25) is 0 Å². The molecule has 0 saturated heterocycles. The number of allylic oxidation sites excluding steroid dienone is 3. The van der Waals surface area contributed by atoms with Crippen LogP contribution in [0.5, 0.6) is 17.2 Å². The molecule has 8 heteroatoms. The van der Waals surface area contributed by atoms with E-state index in [1.54, 1.807) is 14.2 Å². The molecule has 1 amide bonds. The van der Waals surface area contributed by atoms with Crippen LogP contribution in [0.15, 0.2) is 83.8 Å². The highest BCUT2D eigenvalue weighted by atomic mass is 16.5. The molecule has 0 spiro atoms. The third-order valence-corrected chi connectivity index (χ3v) is 7.82. The van der Waals surface area contributed by atoms with Gasteiger partial charge in [-0.25, -0.2) is 15.1 Å². The number of hydrogen-bond donors (Lipinski definition) is 2. The summed E-state index contributed by atoms with van der Waals surface area (Å²) in [6, 6.07) is 16.9. The fourth-order valence-corrected chi connectivity index (χ4v) is 5.84. The van der Waals surface area contributed by atoms with E-state index in [0.717, 1.165) is 28.1 Å². The van der Waals surface area contributed by atoms with Crippen molar-refractivity contribution >= 4 is 17.5 Å². The SMILES string of the molecule is COc1ccc(OCc2cc(C3C(C(=O)Nc4ccc(C)c[nH+]4)=C(C)NC4=CC(C)(C)CC(=O)C43)ccc2OC)cc1. The summed E-state index contributed by atoms with van der Waals surface area (Å²) < 4.78 is 17.0. The number of Topliss-reactive ketones (excluding diaryl/α,β-unsaturated/α-hetero) is 1. The Morgan fingerprint density at radius 2 is 1.74 bits per heavy atom. The summed E-state index contributed by atoms with van der Waals surface area (Å²) in [6.07, 6.45) is 4.36. The van der Waals surface area contributed by atoms with Gasteiger partial charge in [-0.2, -0.15) is 0 Å². The molecule has 8 nitrogen and oxygen atoms in total. The van der Waals surface area contributed by atoms with Gasteiger partial charge in [0.15, 0.2) is 0 Å². The molecule has 3 N–H and O–H groups in total. The predicted octanol–water partition coefficient (Wildman–Crippen LogP) is 5.50. The number of hydrogen-bond acceptors (Lipinski definition) is 6. The molecule has 1 aliphatic heterocycles. The Morgan fingerprint density at radius 3 is 2.40 bits per heavy atom. The van der Waals surface area contributed by atoms with Crippen molar-refractivity contribution in [3.63, 3.8) is 0 Å². The van der Waals surface area contributed by atoms with E-state index in [0.29, 0.717) is 35.0 Å². The second-order valence-electron chi connectivity index (χ2n) is 11.6. The van der Waals surface area contributed by atoms with Gasteiger partial charge in [-0.3, -0.25) is 4.79 Å². The van der Waals surface area contributed by atoms with E-state index in [-0.39, 0.29) is 23.7 Å². The van der Waals surface area contributed by atoms with Gasteiger partial charge in [-0.1, -0.05) is 26.0 Å². The molecular formula is C34H38N3O5+. The van der Waals surface area contributed by atoms with Gasteiger partial charge in [0.25, 0.3) is 5.82 Å². The maximum Gasteiger partial charge on any atom is 0.337 e. The van der Waals surface area contributed by atoms with Crippen molar-refractivity contribution in [2.24, 2.45) is 11.3 Å². The van der Waals surface area contributed by atoms with Gasteiger partial charge in [0.1, 0.15) is 29.6 Å². The van der Waals surface area contributed by atoms with Crippen LogP contribution in [0.25, 0.3) is 0 Å². The van der Waals surface area contributed by atoms with Crippen molar-refractivity contribution in [2.45, 2.75) is 46.6 Å². The lowest BCUT2D eigenvalue weighted by Gasteiger charge is -2.41. The number of methoxy groups -OCH3 is 2. The maximum absolute atomic E-state index is 13.9. The van der Waals surface area contributed by atoms with Gasteiger partial charge in [-0.05, 0) is 72.9 Å². The Labute approximate surface area is 246 Å². The number of ether oxygens (including phenoxy) is 3. The average Bonchev–Trinajstić information content (AvgIpc) is 2.96. The van der Waals surface area contributed by atoms with E-state index >= 15 is 0 Å². The van der Waals surface area contributed by atoms with Crippen LogP contribution in [0.4, 0.5) is 5.82 Å². The molecule has 1 aliphatic carbocycles. The summed E-state index contributed by atoms with van der Waals surface area (Å²) in [6.45, 7) is 8.22. The zero-order valence-electron chi connectivity index (χ0n) is 25.0. The number of benzene rings is 2. The lowest BCUT2D eigenvalue weighted by atomic mass is 9.66. The number of aryl methyl sites for hydroxylation is 1. The highest BCUT2D eigenvalue weighted by Crippen LogP contribution is 2.47. The monoisotopic (exact) mass is 568 g/mol. The number of fused-ring (bicyclic) bond motifs is 1. The van der Waals surface area contributed by atoms with Gasteiger partial charge < -0.3 is 19.5 Å². The smallest absolute Gasteiger partial charge is 0.337 e. The summed E-state index contributed by atoms with van der Waals surface area (Å²) in [4.78, 5) is 30.8. The van der Waals surface area contributed by atoms with Crippen molar-refractivity contribution in [2.75, 3.05) is 19.5 Å². The molecule has 2 aromatic carbocycles. The third kappa shape index (κ3) is 6.03. The standard InChI is InChI=1S/C34H37N3O5/c1-20-7-14-29(35-18-20)37-33(39)30-21(2)36-26-16-34(3,4)17-27(38)32(26)31(30)22-8-13-28(41-6)23(15-22)19-42-25-11-9-24(40-5)10-12-25/h7-16,18,31-32,36H,17,19H2,1-6H3,(H,35,37,39)/p+1. The van der Waals surface area contributed by atoms with E-state index in [1.165, 1.54) is 0 Å². The molecule has 2 unspecified atom stereocenters. The number of aromatic nitrogens is 1. The highest BCUT2D eigenvalue weighted by Gasteiger charge is 2.46. The molecule has 2 atom stereocenters. The number of pyridine rings is 1. The molecule has 0 radical (unpaired) electrons. The molecule has 3 aromatic rings. The summed E-state index contributed by atoms with van der Waals surface area (Å²) in [5.41, 5.74) is 4.48. The van der Waals surface area contributed by atoms with Crippen molar-refractivity contribution in [3.8, 4) is 17.2 Å². The van der Waals surface area contributed by atoms with Crippen molar-refractivity contribution < 1.29 is 28.8 Å². The summed E-state index contributed by atoms with van der Waals surface area (Å²) in [5, 5.41) is 6.42. The Balaban J connectivity index is 1.55. The second-order valence-corrected chi connectivity index (χ2v) is 11.6. The van der Waals surface area contributed by atoms with Crippen molar-refractivity contribution in [1.29, 1.82) is 0 Å². The number of rotatable bonds is 8. The highest BCUT2D eigenvalue weighted by molar-refractivity contribution is 6.06. The fraction of sp³-hybridized carbons (Fsp3) is 0.324. The Morgan fingerprint density at radius 1 is 1.00 bits per heavy atom. The largest absolute Gasteiger partial charge is 0.497 e. The quantitative estimate of drug-likeness (QED) is 0.372. The first-order valence-corrected chi connectivity index (χ1v) is 14.0. The summed E-state index contributed by atoms with van der Waals surface area (Å²) >= 11 is 0. The number of carbonyl (C=O) groups excluding carboxylic acids is 2. The molecular weight excluding hydrogens is 530 g/mol. The van der Waals surface area contributed by atoms with E-state index < -0.39 is 11.8 Å². The molecule has 5 rings (SSSR count). The van der Waals surface area contributed by atoms with Gasteiger partial charge in [0, 0.05) is 35.4 Å². The summed E-state index contributed by atoms with van der Waals surface area (Å²) in [7, 11) is 3.24. The minimum atomic E-state index is -0.520. The van der Waals surface area contributed by atoms with E-state index in [4.69, 9.17) is 14.2 Å². The van der Waals surface area contributed by atoms with Crippen molar-refractivity contribution in [1.82, 2.24) is 5.32 Å². The predicted molar refractivity (Wildman–Crippen MR) is 160 cm³/mol. The number of amides is 1. The number of anilines is 1. The van der Waals surface area contributed by atoms with Crippen LogP contribution in [0.1, 0.15) is 49.8 Å². The zero-order chi connectivity index (χ0) is 30.0. The molecule has 42 heavy (non-hydrogen) atoms. The minimum Gasteiger partial charge on any atom is -0.497 e. The number of carbonyl (C=O) groups is 2. The van der Waals surface area contributed by atoms with E-state index in [1.807, 2.05) is 74.6 Å². The lowest BCUT2D eigenvalue weighted by Crippen LogP contribution is -2.44. The van der Waals surface area contributed by atoms with E-state index in [9.17, 15) is 9.59 Å². The minimum absolute atomic E-state index is 0.0987. The van der Waals surface area contributed by atoms with Crippen LogP contribution in [0.3, 0.4) is 0 Å². The number of H-pyrrole nitrogens is 1. The first kappa shape index (κ1) is 28.9. The zero-order valence-corrected chi connectivity index (χ0v) is 25.0. The second kappa shape index (κ2) is 11.7. The topological polar surface area (TPSA) is 100 Å². The molecule has 0 bridgehead atoms. The molecule has 218 valence electrons. The maximum atomic E-state index is 13.9. The molecule has 0 fully saturated rings. The van der Waals surface area contributed by atoms with Crippen LogP contribution in [0, 0.1) is 18.3 Å². The normalized spacial score (nSPS) is 19.3. The Kier molecular flexibility index (Phi) is 8.07. The molecule has 0 saturated carbocycles.